The van der Waals surface area contributed by atoms with Gasteiger partial charge >= 0.3 is 0 Å². The summed E-state index contributed by atoms with van der Waals surface area (Å²) in [6, 6.07) is 13.1. The topological polar surface area (TPSA) is 28.7 Å². The number of aromatic nitrogens is 1. The van der Waals surface area contributed by atoms with Crippen LogP contribution in [-0.2, 0) is 13.0 Å². The average Bonchev–Trinajstić information content (AvgIpc) is 2.67. The fourth-order valence-electron chi connectivity index (χ4n) is 2.71. The molecule has 0 unspecified atom stereocenters. The van der Waals surface area contributed by atoms with Gasteiger partial charge in [-0.3, -0.25) is 0 Å². The minimum Gasteiger partial charge on any atom is -0.345 e. The zero-order valence-corrected chi connectivity index (χ0v) is 9.19. The quantitative estimate of drug-likeness (QED) is 0.711. The minimum atomic E-state index is 0.557. The number of nitriles is 1. The number of fused-ring (bicyclic) bond motifs is 3. The van der Waals surface area contributed by atoms with Gasteiger partial charge < -0.3 is 4.57 Å². The molecular weight excluding hydrogens is 196 g/mol. The fourth-order valence-corrected chi connectivity index (χ4v) is 2.71. The van der Waals surface area contributed by atoms with Crippen molar-refractivity contribution >= 4 is 10.9 Å². The Bertz CT molecular complexity index is 560. The summed E-state index contributed by atoms with van der Waals surface area (Å²) in [4.78, 5) is 0. The molecular formula is C14H14N2. The maximum atomic E-state index is 8.75. The lowest BCUT2D eigenvalue weighted by Crippen LogP contribution is -2.18. The predicted molar refractivity (Wildman–Crippen MR) is 64.0 cm³/mol. The second-order valence-electron chi connectivity index (χ2n) is 4.57. The van der Waals surface area contributed by atoms with E-state index in [4.69, 9.17) is 5.26 Å². The van der Waals surface area contributed by atoms with Gasteiger partial charge in [0.05, 0.1) is 6.07 Å². The van der Waals surface area contributed by atoms with Gasteiger partial charge in [0.2, 0.25) is 0 Å². The molecule has 0 fully saturated rings. The minimum absolute atomic E-state index is 0.557. The Morgan fingerprint density at radius 2 is 2.25 bits per heavy atom. The summed E-state index contributed by atoms with van der Waals surface area (Å²) < 4.78 is 2.41. The molecule has 0 bridgehead atoms. The molecule has 0 saturated carbocycles. The number of benzene rings is 1. The fraction of sp³-hybridized carbons (Fsp3) is 0.357. The molecule has 0 aliphatic carbocycles. The van der Waals surface area contributed by atoms with Crippen molar-refractivity contribution in [2.24, 2.45) is 5.92 Å². The largest absolute Gasteiger partial charge is 0.345 e. The van der Waals surface area contributed by atoms with Gasteiger partial charge in [-0.15, -0.1) is 0 Å². The lowest BCUT2D eigenvalue weighted by molar-refractivity contribution is 0.400. The van der Waals surface area contributed by atoms with Crippen molar-refractivity contribution in [3.63, 3.8) is 0 Å². The molecule has 1 aliphatic heterocycles. The zero-order chi connectivity index (χ0) is 11.0. The third-order valence-corrected chi connectivity index (χ3v) is 3.54. The van der Waals surface area contributed by atoms with Crippen LogP contribution in [0.3, 0.4) is 0 Å². The monoisotopic (exact) mass is 210 g/mol. The Balaban J connectivity index is 2.03. The summed E-state index contributed by atoms with van der Waals surface area (Å²) in [5.41, 5.74) is 2.74. The van der Waals surface area contributed by atoms with E-state index in [0.717, 1.165) is 19.4 Å². The van der Waals surface area contributed by atoms with Gasteiger partial charge in [0.25, 0.3) is 0 Å². The first kappa shape index (κ1) is 9.47. The summed E-state index contributed by atoms with van der Waals surface area (Å²) in [5.74, 6) is 0.557. The molecule has 2 aromatic rings. The number of hydrogen-bond acceptors (Lipinski definition) is 1. The Morgan fingerprint density at radius 3 is 3.12 bits per heavy atom. The van der Waals surface area contributed by atoms with E-state index in [-0.39, 0.29) is 0 Å². The first-order valence-corrected chi connectivity index (χ1v) is 5.82. The molecule has 0 saturated heterocycles. The van der Waals surface area contributed by atoms with E-state index in [1.54, 1.807) is 0 Å². The molecule has 2 heterocycles. The first-order chi connectivity index (χ1) is 7.88. The average molecular weight is 210 g/mol. The van der Waals surface area contributed by atoms with E-state index >= 15 is 0 Å². The van der Waals surface area contributed by atoms with Gasteiger partial charge in [-0.2, -0.15) is 5.26 Å². The highest BCUT2D eigenvalue weighted by atomic mass is 15.0. The number of hydrogen-bond donors (Lipinski definition) is 0. The highest BCUT2D eigenvalue weighted by Gasteiger charge is 2.19. The molecule has 16 heavy (non-hydrogen) atoms. The maximum absolute atomic E-state index is 8.75. The molecule has 0 spiro atoms. The van der Waals surface area contributed by atoms with Crippen LogP contribution in [0.4, 0.5) is 0 Å². The van der Waals surface area contributed by atoms with Crippen molar-refractivity contribution in [1.29, 1.82) is 5.26 Å². The van der Waals surface area contributed by atoms with Crippen LogP contribution in [0.1, 0.15) is 18.5 Å². The molecule has 2 nitrogen and oxygen atoms in total. The predicted octanol–water partition coefficient (Wildman–Crippen LogP) is 3.12. The molecule has 0 amide bonds. The van der Waals surface area contributed by atoms with E-state index in [1.165, 1.54) is 16.6 Å². The molecule has 1 aromatic heterocycles. The van der Waals surface area contributed by atoms with Crippen LogP contribution in [0.15, 0.2) is 30.3 Å². The van der Waals surface area contributed by atoms with Crippen molar-refractivity contribution in [3.05, 3.63) is 36.0 Å². The van der Waals surface area contributed by atoms with Gasteiger partial charge in [0.1, 0.15) is 0 Å². The summed E-state index contributed by atoms with van der Waals surface area (Å²) >= 11 is 0. The van der Waals surface area contributed by atoms with Crippen LogP contribution in [0, 0.1) is 17.2 Å². The van der Waals surface area contributed by atoms with Crippen LogP contribution in [0.2, 0.25) is 0 Å². The molecule has 1 aliphatic rings. The van der Waals surface area contributed by atoms with Gasteiger partial charge in [-0.1, -0.05) is 18.2 Å². The maximum Gasteiger partial charge on any atom is 0.0624 e. The number of nitrogens with zero attached hydrogens (tertiary/aromatic N) is 2. The SMILES string of the molecule is N#CC[C@H]1CCn2c(cc3ccccc32)C1. The zero-order valence-electron chi connectivity index (χ0n) is 9.19. The molecule has 0 radical (unpaired) electrons. The summed E-state index contributed by atoms with van der Waals surface area (Å²) in [5, 5.41) is 10.1. The van der Waals surface area contributed by atoms with Crippen LogP contribution in [-0.4, -0.2) is 4.57 Å². The third-order valence-electron chi connectivity index (χ3n) is 3.54. The standard InChI is InChI=1S/C14H14N2/c15-7-5-11-6-8-16-13(9-11)10-12-3-1-2-4-14(12)16/h1-4,10-11H,5-6,8-9H2/t11-/m0/s1. The van der Waals surface area contributed by atoms with Gasteiger partial charge in [0, 0.05) is 24.2 Å². The molecule has 80 valence electrons. The van der Waals surface area contributed by atoms with E-state index in [1.807, 2.05) is 0 Å². The Kier molecular flexibility index (Phi) is 2.18. The van der Waals surface area contributed by atoms with Crippen LogP contribution < -0.4 is 0 Å². The van der Waals surface area contributed by atoms with Crippen molar-refractivity contribution in [2.75, 3.05) is 0 Å². The van der Waals surface area contributed by atoms with E-state index in [2.05, 4.69) is 41.0 Å². The van der Waals surface area contributed by atoms with Crippen LogP contribution in [0.25, 0.3) is 10.9 Å². The molecule has 0 N–H and O–H groups in total. The smallest absolute Gasteiger partial charge is 0.0624 e. The molecule has 1 aromatic carbocycles. The lowest BCUT2D eigenvalue weighted by Gasteiger charge is -2.22. The second-order valence-corrected chi connectivity index (χ2v) is 4.57. The summed E-state index contributed by atoms with van der Waals surface area (Å²) in [7, 11) is 0. The van der Waals surface area contributed by atoms with E-state index < -0.39 is 0 Å². The first-order valence-electron chi connectivity index (χ1n) is 5.82. The van der Waals surface area contributed by atoms with Crippen molar-refractivity contribution in [1.82, 2.24) is 4.57 Å². The third kappa shape index (κ3) is 1.40. The number of aryl methyl sites for hydroxylation is 1. The van der Waals surface area contributed by atoms with Gasteiger partial charge in [0.15, 0.2) is 0 Å². The van der Waals surface area contributed by atoms with Gasteiger partial charge in [-0.05, 0) is 36.3 Å². The highest BCUT2D eigenvalue weighted by molar-refractivity contribution is 5.81. The van der Waals surface area contributed by atoms with Crippen LogP contribution >= 0.6 is 0 Å². The Morgan fingerprint density at radius 1 is 1.38 bits per heavy atom. The lowest BCUT2D eigenvalue weighted by atomic mass is 9.93. The second kappa shape index (κ2) is 3.68. The summed E-state index contributed by atoms with van der Waals surface area (Å²) in [6.45, 7) is 1.06. The number of para-hydroxylation sites is 1. The van der Waals surface area contributed by atoms with Crippen molar-refractivity contribution < 1.29 is 0 Å². The molecule has 1 atom stereocenters. The molecule has 3 rings (SSSR count). The van der Waals surface area contributed by atoms with E-state index in [0.29, 0.717) is 12.3 Å². The number of rotatable bonds is 1. The highest BCUT2D eigenvalue weighted by Crippen LogP contribution is 2.29. The van der Waals surface area contributed by atoms with Crippen molar-refractivity contribution in [2.45, 2.75) is 25.8 Å². The Labute approximate surface area is 95.1 Å². The van der Waals surface area contributed by atoms with Crippen LogP contribution in [0.5, 0.6) is 0 Å². The van der Waals surface area contributed by atoms with Gasteiger partial charge in [-0.25, -0.2) is 0 Å². The normalized spacial score (nSPS) is 19.3. The van der Waals surface area contributed by atoms with Crippen molar-refractivity contribution in [3.8, 4) is 6.07 Å². The Hall–Kier alpha value is -1.75. The summed E-state index contributed by atoms with van der Waals surface area (Å²) in [6.07, 6.45) is 2.89. The van der Waals surface area contributed by atoms with E-state index in [9.17, 15) is 0 Å². The molecule has 2 heteroatoms.